The van der Waals surface area contributed by atoms with Crippen LogP contribution >= 0.6 is 23.2 Å². The fourth-order valence-corrected chi connectivity index (χ4v) is 8.23. The van der Waals surface area contributed by atoms with E-state index in [-0.39, 0.29) is 89.4 Å². The maximum atomic E-state index is 12.3. The molecule has 6 aromatic rings. The zero-order valence-corrected chi connectivity index (χ0v) is 34.7. The number of aromatic hydroxyl groups is 4. The summed E-state index contributed by atoms with van der Waals surface area (Å²) in [5, 5.41) is 59.6. The number of phenolic OH excluding ortho intramolecular Hbond substituents is 4. The maximum Gasteiger partial charge on any atom is 0.240 e. The minimum absolute atomic E-state index is 0. The normalized spacial score (nSPS) is 12.1. The Labute approximate surface area is 349 Å². The number of sulfonamides is 2. The van der Waals surface area contributed by atoms with Crippen LogP contribution in [0.1, 0.15) is 27.7 Å². The summed E-state index contributed by atoms with van der Waals surface area (Å²) in [6, 6.07) is 23.8. The monoisotopic (exact) mass is 897 g/mol. The van der Waals surface area contributed by atoms with Gasteiger partial charge in [0.15, 0.2) is 11.5 Å². The van der Waals surface area contributed by atoms with E-state index in [1.54, 1.807) is 70.2 Å². The van der Waals surface area contributed by atoms with E-state index in [2.05, 4.69) is 29.9 Å². The number of azo groups is 2. The molecule has 0 unspecified atom stereocenters. The summed E-state index contributed by atoms with van der Waals surface area (Å²) in [6.45, 7) is 6.80. The molecule has 0 aliphatic carbocycles. The van der Waals surface area contributed by atoms with Crippen molar-refractivity contribution in [3.8, 4) is 23.0 Å². The summed E-state index contributed by atoms with van der Waals surface area (Å²) in [6.07, 6.45) is 0. The molecule has 6 N–H and O–H groups in total. The van der Waals surface area contributed by atoms with Crippen molar-refractivity contribution in [2.45, 2.75) is 49.6 Å². The summed E-state index contributed by atoms with van der Waals surface area (Å²) in [5.41, 5.74) is 0.193. The number of fused-ring (bicyclic) bond motifs is 2. The average Bonchev–Trinajstić information content (AvgIpc) is 3.13. The Morgan fingerprint density at radius 2 is 0.982 bits per heavy atom. The first-order valence-corrected chi connectivity index (χ1v) is 20.4. The van der Waals surface area contributed by atoms with E-state index in [0.717, 1.165) is 5.39 Å². The molecule has 6 aromatic carbocycles. The van der Waals surface area contributed by atoms with E-state index in [0.29, 0.717) is 21.2 Å². The molecule has 301 valence electrons. The van der Waals surface area contributed by atoms with E-state index in [4.69, 9.17) is 23.2 Å². The van der Waals surface area contributed by atoms with Crippen LogP contribution in [0.25, 0.3) is 21.5 Å². The third-order valence-corrected chi connectivity index (χ3v) is 11.7. The second-order valence-electron chi connectivity index (χ2n) is 12.8. The molecule has 0 heterocycles. The first kappa shape index (κ1) is 44.9. The number of hydrogen-bond donors (Lipinski definition) is 6. The number of halogens is 2. The topological polar surface area (TPSA) is 223 Å². The van der Waals surface area contributed by atoms with Gasteiger partial charge >= 0.3 is 0 Å². The van der Waals surface area contributed by atoms with Gasteiger partial charge in [0.1, 0.15) is 34.2 Å². The first-order valence-electron chi connectivity index (χ1n) is 16.7. The van der Waals surface area contributed by atoms with Gasteiger partial charge in [-0.1, -0.05) is 59.6 Å². The molecular weight excluding hydrogens is 862 g/mol. The molecule has 0 saturated heterocycles. The minimum atomic E-state index is -3.77. The molecule has 0 aromatic heterocycles. The number of benzene rings is 6. The zero-order chi connectivity index (χ0) is 40.9. The standard InChI is InChI=1S/C19H17Cl2N3O4S.C19H19N3O4S.Co/c1-10(2)24-29(27,28)11-3-8-17(25)16(9-11)23-22-15-7-4-12-13(20)5-6-14(21)18(12)19(15)26;1-12(2)22-27(25,26)14-8-10-18(23)17(11-14)21-20-16-9-7-13-5-3-4-6-15(13)19(16)24;/h3-10,24-26H,1-2H3;3-12,22-24H,1-2H3;. The molecule has 0 atom stereocenters. The Hall–Kier alpha value is -4.85. The van der Waals surface area contributed by atoms with Crippen LogP contribution in [0.2, 0.25) is 10.0 Å². The quantitative estimate of drug-likeness (QED) is 0.0724. The van der Waals surface area contributed by atoms with E-state index in [9.17, 15) is 37.3 Å². The van der Waals surface area contributed by atoms with Gasteiger partial charge in [-0.3, -0.25) is 0 Å². The first-order chi connectivity index (χ1) is 26.4. The van der Waals surface area contributed by atoms with Gasteiger partial charge in [-0.2, -0.15) is 0 Å². The number of phenols is 4. The molecule has 0 aliphatic rings. The van der Waals surface area contributed by atoms with Gasteiger partial charge in [-0.05, 0) is 93.7 Å². The molecular formula is C38H36Cl2CoN6O8S2. The van der Waals surface area contributed by atoms with Crippen LogP contribution in [0.15, 0.2) is 127 Å². The maximum absolute atomic E-state index is 12.3. The third-order valence-electron chi connectivity index (χ3n) is 7.74. The summed E-state index contributed by atoms with van der Waals surface area (Å²) < 4.78 is 54.1. The molecule has 0 saturated carbocycles. The number of hydrogen-bond acceptors (Lipinski definition) is 12. The minimum Gasteiger partial charge on any atom is -0.506 e. The predicted molar refractivity (Wildman–Crippen MR) is 217 cm³/mol. The van der Waals surface area contributed by atoms with E-state index in [1.807, 2.05) is 12.1 Å². The van der Waals surface area contributed by atoms with Crippen molar-refractivity contribution in [1.82, 2.24) is 9.44 Å². The van der Waals surface area contributed by atoms with Gasteiger partial charge in [0.05, 0.1) is 14.8 Å². The summed E-state index contributed by atoms with van der Waals surface area (Å²) in [7, 11) is -7.50. The zero-order valence-electron chi connectivity index (χ0n) is 30.5. The van der Waals surface area contributed by atoms with Crippen LogP contribution < -0.4 is 9.44 Å². The van der Waals surface area contributed by atoms with Crippen molar-refractivity contribution in [1.29, 1.82) is 0 Å². The molecule has 19 heteroatoms. The van der Waals surface area contributed by atoms with E-state index < -0.39 is 20.0 Å². The molecule has 0 spiro atoms. The second kappa shape index (κ2) is 18.6. The van der Waals surface area contributed by atoms with E-state index in [1.165, 1.54) is 42.5 Å². The Morgan fingerprint density at radius 1 is 0.526 bits per heavy atom. The van der Waals surface area contributed by atoms with Crippen LogP contribution in [0, 0.1) is 0 Å². The van der Waals surface area contributed by atoms with Crippen LogP contribution in [0.4, 0.5) is 22.7 Å². The molecule has 0 bridgehead atoms. The van der Waals surface area contributed by atoms with Crippen molar-refractivity contribution in [3.63, 3.8) is 0 Å². The third kappa shape index (κ3) is 10.8. The van der Waals surface area contributed by atoms with Gasteiger partial charge in [-0.25, -0.2) is 26.3 Å². The van der Waals surface area contributed by atoms with Crippen molar-refractivity contribution in [3.05, 3.63) is 107 Å². The molecule has 14 nitrogen and oxygen atoms in total. The Balaban J connectivity index is 0.000000249. The van der Waals surface area contributed by atoms with Crippen molar-refractivity contribution in [2.75, 3.05) is 0 Å². The fraction of sp³-hybridized carbons (Fsp3) is 0.158. The smallest absolute Gasteiger partial charge is 0.240 e. The molecule has 1 radical (unpaired) electrons. The van der Waals surface area contributed by atoms with Gasteiger partial charge in [-0.15, -0.1) is 20.5 Å². The van der Waals surface area contributed by atoms with Crippen molar-refractivity contribution < 1.29 is 54.0 Å². The Bertz CT molecular complexity index is 2740. The average molecular weight is 899 g/mol. The van der Waals surface area contributed by atoms with Gasteiger partial charge in [0.25, 0.3) is 0 Å². The van der Waals surface area contributed by atoms with Gasteiger partial charge in [0.2, 0.25) is 20.0 Å². The van der Waals surface area contributed by atoms with Gasteiger partial charge in [0, 0.05) is 50.0 Å². The van der Waals surface area contributed by atoms with Crippen LogP contribution in [0.5, 0.6) is 23.0 Å². The van der Waals surface area contributed by atoms with Crippen LogP contribution in [0.3, 0.4) is 0 Å². The van der Waals surface area contributed by atoms with Crippen LogP contribution in [-0.2, 0) is 36.8 Å². The number of nitrogens with zero attached hydrogens (tertiary/aromatic N) is 4. The number of rotatable bonds is 10. The fourth-order valence-electron chi connectivity index (χ4n) is 5.22. The Kier molecular flexibility index (Phi) is 14.6. The van der Waals surface area contributed by atoms with Crippen molar-refractivity contribution in [2.24, 2.45) is 20.5 Å². The molecule has 0 amide bonds. The van der Waals surface area contributed by atoms with E-state index >= 15 is 0 Å². The molecule has 6 rings (SSSR count). The SMILES string of the molecule is CC(C)NS(=O)(=O)c1ccc(O)c(N=Nc2ccc3c(Cl)ccc(Cl)c3c2O)c1.CC(C)NS(=O)(=O)c1ccc(O)c(N=Nc2ccc3ccccc3c2O)c1.[Co]. The molecule has 57 heavy (non-hydrogen) atoms. The second-order valence-corrected chi connectivity index (χ2v) is 17.0. The molecule has 0 aliphatic heterocycles. The van der Waals surface area contributed by atoms with Crippen molar-refractivity contribution >= 4 is 87.5 Å². The Morgan fingerprint density at radius 3 is 1.51 bits per heavy atom. The van der Waals surface area contributed by atoms with Gasteiger partial charge < -0.3 is 20.4 Å². The number of nitrogens with one attached hydrogen (secondary N) is 2. The summed E-state index contributed by atoms with van der Waals surface area (Å²) in [5.74, 6) is -0.758. The molecule has 0 fully saturated rings. The summed E-state index contributed by atoms with van der Waals surface area (Å²) >= 11 is 12.3. The largest absolute Gasteiger partial charge is 0.506 e. The predicted octanol–water partition coefficient (Wildman–Crippen LogP) is 10.0. The summed E-state index contributed by atoms with van der Waals surface area (Å²) in [4.78, 5) is -0.110. The van der Waals surface area contributed by atoms with Crippen LogP contribution in [-0.4, -0.2) is 49.3 Å².